The van der Waals surface area contributed by atoms with Crippen molar-refractivity contribution in [3.05, 3.63) is 93.2 Å². The molecule has 0 spiro atoms. The molecule has 0 fully saturated rings. The Hall–Kier alpha value is -3.45. The van der Waals surface area contributed by atoms with Crippen LogP contribution in [0.2, 0.25) is 0 Å². The van der Waals surface area contributed by atoms with Gasteiger partial charge in [-0.25, -0.2) is 0 Å². The quantitative estimate of drug-likeness (QED) is 0.534. The van der Waals surface area contributed by atoms with E-state index < -0.39 is 17.9 Å². The van der Waals surface area contributed by atoms with E-state index in [0.29, 0.717) is 16.9 Å². The van der Waals surface area contributed by atoms with Gasteiger partial charge in [0.2, 0.25) is 0 Å². The molecule has 0 unspecified atom stereocenters. The van der Waals surface area contributed by atoms with Crippen molar-refractivity contribution >= 4 is 29.1 Å². The Morgan fingerprint density at radius 2 is 1.67 bits per heavy atom. The smallest absolute Gasteiger partial charge is 0.269 e. The Bertz CT molecular complexity index is 1030. The van der Waals surface area contributed by atoms with Crippen LogP contribution in [0.4, 0.5) is 0 Å². The van der Waals surface area contributed by atoms with E-state index in [4.69, 9.17) is 0 Å². The van der Waals surface area contributed by atoms with Crippen molar-refractivity contribution < 1.29 is 14.4 Å². The maximum atomic E-state index is 12.8. The zero-order chi connectivity index (χ0) is 21.5. The molecule has 0 radical (unpaired) electrons. The van der Waals surface area contributed by atoms with E-state index in [1.54, 1.807) is 23.6 Å². The van der Waals surface area contributed by atoms with Gasteiger partial charge in [0.05, 0.1) is 4.88 Å². The van der Waals surface area contributed by atoms with Crippen molar-refractivity contribution in [3.63, 3.8) is 0 Å². The van der Waals surface area contributed by atoms with Crippen molar-refractivity contribution in [2.24, 2.45) is 0 Å². The molecule has 1 atom stereocenters. The lowest BCUT2D eigenvalue weighted by molar-refractivity contribution is -0.123. The molecule has 154 valence electrons. The first kappa shape index (κ1) is 21.3. The molecule has 1 aromatic heterocycles. The van der Waals surface area contributed by atoms with E-state index in [2.05, 4.69) is 16.2 Å². The van der Waals surface area contributed by atoms with Gasteiger partial charge >= 0.3 is 0 Å². The molecule has 0 bridgehead atoms. The molecule has 0 aliphatic heterocycles. The minimum absolute atomic E-state index is 0.295. The second-order valence-corrected chi connectivity index (χ2v) is 7.90. The summed E-state index contributed by atoms with van der Waals surface area (Å²) in [5.41, 5.74) is 8.12. The summed E-state index contributed by atoms with van der Waals surface area (Å²) in [5.74, 6) is -1.24. The predicted molar refractivity (Wildman–Crippen MR) is 117 cm³/mol. The third-order valence-corrected chi connectivity index (χ3v) is 5.44. The molecule has 3 aromatic rings. The SMILES string of the molecule is Cc1ccc(C(=O)NNC(=O)[C@H](Cc2ccccc2)NC(=O)c2cccs2)c(C)c1. The first-order chi connectivity index (χ1) is 14.4. The first-order valence-corrected chi connectivity index (χ1v) is 10.4. The van der Waals surface area contributed by atoms with Crippen molar-refractivity contribution in [3.8, 4) is 0 Å². The number of amides is 3. The summed E-state index contributed by atoms with van der Waals surface area (Å²) in [6.07, 6.45) is 0.295. The van der Waals surface area contributed by atoms with Gasteiger partial charge in [0, 0.05) is 12.0 Å². The van der Waals surface area contributed by atoms with Crippen LogP contribution in [0.3, 0.4) is 0 Å². The zero-order valence-electron chi connectivity index (χ0n) is 16.8. The van der Waals surface area contributed by atoms with Crippen LogP contribution >= 0.6 is 11.3 Å². The fourth-order valence-corrected chi connectivity index (χ4v) is 3.66. The van der Waals surface area contributed by atoms with Gasteiger partial charge in [-0.05, 0) is 42.5 Å². The monoisotopic (exact) mass is 421 g/mol. The predicted octanol–water partition coefficient (Wildman–Crippen LogP) is 3.17. The highest BCUT2D eigenvalue weighted by molar-refractivity contribution is 7.12. The maximum absolute atomic E-state index is 12.8. The normalized spacial score (nSPS) is 11.4. The molecule has 7 heteroatoms. The van der Waals surface area contributed by atoms with Gasteiger partial charge in [0.15, 0.2) is 0 Å². The Labute approximate surface area is 179 Å². The van der Waals surface area contributed by atoms with Crippen LogP contribution in [0.1, 0.15) is 36.7 Å². The van der Waals surface area contributed by atoms with Gasteiger partial charge in [-0.3, -0.25) is 25.2 Å². The van der Waals surface area contributed by atoms with Crippen LogP contribution < -0.4 is 16.2 Å². The third-order valence-electron chi connectivity index (χ3n) is 4.58. The summed E-state index contributed by atoms with van der Waals surface area (Å²) in [5, 5.41) is 4.56. The number of rotatable bonds is 6. The van der Waals surface area contributed by atoms with Crippen LogP contribution in [0.25, 0.3) is 0 Å². The Morgan fingerprint density at radius 3 is 2.33 bits per heavy atom. The number of carbonyl (C=O) groups excluding carboxylic acids is 3. The summed E-state index contributed by atoms with van der Waals surface area (Å²) in [4.78, 5) is 38.2. The molecule has 2 aromatic carbocycles. The molecule has 30 heavy (non-hydrogen) atoms. The van der Waals surface area contributed by atoms with Gasteiger partial charge in [-0.2, -0.15) is 0 Å². The Balaban J connectivity index is 1.69. The zero-order valence-corrected chi connectivity index (χ0v) is 17.6. The van der Waals surface area contributed by atoms with Gasteiger partial charge < -0.3 is 5.32 Å². The van der Waals surface area contributed by atoms with Crippen LogP contribution in [0, 0.1) is 13.8 Å². The van der Waals surface area contributed by atoms with Gasteiger partial charge in [0.25, 0.3) is 17.7 Å². The molecular weight excluding hydrogens is 398 g/mol. The summed E-state index contributed by atoms with van der Waals surface area (Å²) in [6, 6.07) is 17.5. The largest absolute Gasteiger partial charge is 0.339 e. The van der Waals surface area contributed by atoms with Gasteiger partial charge in [-0.15, -0.1) is 11.3 Å². The van der Waals surface area contributed by atoms with E-state index >= 15 is 0 Å². The van der Waals surface area contributed by atoms with Crippen molar-refractivity contribution in [2.45, 2.75) is 26.3 Å². The molecule has 6 nitrogen and oxygen atoms in total. The number of hydrogen-bond acceptors (Lipinski definition) is 4. The molecule has 3 amide bonds. The Kier molecular flexibility index (Phi) is 6.98. The molecule has 3 N–H and O–H groups in total. The number of nitrogens with one attached hydrogen (secondary N) is 3. The third kappa shape index (κ3) is 5.55. The molecule has 0 aliphatic carbocycles. The first-order valence-electron chi connectivity index (χ1n) is 9.50. The lowest BCUT2D eigenvalue weighted by atomic mass is 10.0. The minimum Gasteiger partial charge on any atom is -0.339 e. The Morgan fingerprint density at radius 1 is 0.900 bits per heavy atom. The van der Waals surface area contributed by atoms with Crippen molar-refractivity contribution in [1.29, 1.82) is 0 Å². The average molecular weight is 422 g/mol. The molecule has 0 aliphatic rings. The molecule has 0 saturated heterocycles. The number of thiophene rings is 1. The van der Waals surface area contributed by atoms with Crippen LogP contribution in [-0.2, 0) is 11.2 Å². The average Bonchev–Trinajstić information content (AvgIpc) is 3.27. The minimum atomic E-state index is -0.846. The highest BCUT2D eigenvalue weighted by atomic mass is 32.1. The van der Waals surface area contributed by atoms with E-state index in [-0.39, 0.29) is 5.91 Å². The number of hydrogen-bond donors (Lipinski definition) is 3. The van der Waals surface area contributed by atoms with Crippen LogP contribution in [-0.4, -0.2) is 23.8 Å². The summed E-state index contributed by atoms with van der Waals surface area (Å²) in [6.45, 7) is 3.78. The lowest BCUT2D eigenvalue weighted by Crippen LogP contribution is -2.53. The van der Waals surface area contributed by atoms with Crippen LogP contribution in [0.15, 0.2) is 66.0 Å². The molecule has 3 rings (SSSR count). The van der Waals surface area contributed by atoms with E-state index in [9.17, 15) is 14.4 Å². The van der Waals surface area contributed by atoms with E-state index in [1.165, 1.54) is 11.3 Å². The lowest BCUT2D eigenvalue weighted by Gasteiger charge is -2.19. The van der Waals surface area contributed by atoms with E-state index in [1.807, 2.05) is 56.3 Å². The fraction of sp³-hybridized carbons (Fsp3) is 0.174. The highest BCUT2D eigenvalue weighted by Crippen LogP contribution is 2.11. The second kappa shape index (κ2) is 9.84. The van der Waals surface area contributed by atoms with Gasteiger partial charge in [-0.1, -0.05) is 54.1 Å². The van der Waals surface area contributed by atoms with Gasteiger partial charge in [0.1, 0.15) is 6.04 Å². The van der Waals surface area contributed by atoms with Crippen molar-refractivity contribution in [2.75, 3.05) is 0 Å². The standard InChI is InChI=1S/C23H23N3O3S/c1-15-10-11-18(16(2)13-15)21(27)25-26-22(28)19(14-17-7-4-3-5-8-17)24-23(29)20-9-6-12-30-20/h3-13,19H,14H2,1-2H3,(H,24,29)(H,25,27)(H,26,28)/t19-/m0/s1. The number of hydrazine groups is 1. The topological polar surface area (TPSA) is 87.3 Å². The summed E-state index contributed by atoms with van der Waals surface area (Å²) < 4.78 is 0. The maximum Gasteiger partial charge on any atom is 0.269 e. The molecule has 0 saturated carbocycles. The van der Waals surface area contributed by atoms with Crippen molar-refractivity contribution in [1.82, 2.24) is 16.2 Å². The number of carbonyl (C=O) groups is 3. The van der Waals surface area contributed by atoms with Crippen LogP contribution in [0.5, 0.6) is 0 Å². The fourth-order valence-electron chi connectivity index (χ4n) is 3.04. The molecule has 1 heterocycles. The number of benzene rings is 2. The number of aryl methyl sites for hydroxylation is 2. The summed E-state index contributed by atoms with van der Waals surface area (Å²) >= 11 is 1.30. The second-order valence-electron chi connectivity index (χ2n) is 6.95. The summed E-state index contributed by atoms with van der Waals surface area (Å²) in [7, 11) is 0. The van der Waals surface area contributed by atoms with E-state index in [0.717, 1.165) is 16.7 Å². The molecular formula is C23H23N3O3S. The highest BCUT2D eigenvalue weighted by Gasteiger charge is 2.23.